The summed E-state index contributed by atoms with van der Waals surface area (Å²) in [5.74, 6) is 0.974. The first kappa shape index (κ1) is 13.3. The van der Waals surface area contributed by atoms with Gasteiger partial charge in [-0.25, -0.2) is 0 Å². The van der Waals surface area contributed by atoms with Gasteiger partial charge in [0.2, 0.25) is 0 Å². The quantitative estimate of drug-likeness (QED) is 0.747. The summed E-state index contributed by atoms with van der Waals surface area (Å²) in [7, 11) is 1.83. The van der Waals surface area contributed by atoms with Crippen molar-refractivity contribution >= 4 is 0 Å². The summed E-state index contributed by atoms with van der Waals surface area (Å²) >= 11 is 0. The predicted molar refractivity (Wildman–Crippen MR) is 71.0 cm³/mol. The van der Waals surface area contributed by atoms with Crippen molar-refractivity contribution in [2.24, 2.45) is 11.7 Å². The van der Waals surface area contributed by atoms with Crippen molar-refractivity contribution < 1.29 is 4.74 Å². The van der Waals surface area contributed by atoms with E-state index < -0.39 is 0 Å². The molecule has 0 aliphatic heterocycles. The first-order valence-electron chi connectivity index (χ1n) is 7.28. The predicted octanol–water partition coefficient (Wildman–Crippen LogP) is 2.05. The maximum absolute atomic E-state index is 6.03. The van der Waals surface area contributed by atoms with Crippen LogP contribution in [0.25, 0.3) is 0 Å². The number of methoxy groups -OCH3 is 1. The first-order valence-corrected chi connectivity index (χ1v) is 7.28. The van der Waals surface area contributed by atoms with Gasteiger partial charge in [-0.3, -0.25) is 0 Å². The smallest absolute Gasteiger partial charge is 0.0765 e. The van der Waals surface area contributed by atoms with Gasteiger partial charge in [0, 0.05) is 13.7 Å². The lowest BCUT2D eigenvalue weighted by Gasteiger charge is -2.44. The first-order chi connectivity index (χ1) is 8.30. The fraction of sp³-hybridized carbons (Fsp3) is 1.00. The highest BCUT2D eigenvalue weighted by molar-refractivity contribution is 4.99. The van der Waals surface area contributed by atoms with Crippen LogP contribution in [-0.2, 0) is 4.74 Å². The molecule has 2 unspecified atom stereocenters. The van der Waals surface area contributed by atoms with Gasteiger partial charge in [0.05, 0.1) is 11.6 Å². The molecular weight excluding hydrogens is 212 g/mol. The van der Waals surface area contributed by atoms with Crippen LogP contribution in [-0.4, -0.2) is 31.8 Å². The Labute approximate surface area is 105 Å². The van der Waals surface area contributed by atoms with Crippen LogP contribution in [0, 0.1) is 5.92 Å². The molecule has 3 nitrogen and oxygen atoms in total. The van der Waals surface area contributed by atoms with E-state index in [-0.39, 0.29) is 5.54 Å². The second-order valence-corrected chi connectivity index (χ2v) is 5.84. The summed E-state index contributed by atoms with van der Waals surface area (Å²) in [6.07, 6.45) is 10.8. The summed E-state index contributed by atoms with van der Waals surface area (Å²) in [5, 5.41) is 3.73. The summed E-state index contributed by atoms with van der Waals surface area (Å²) in [5.41, 5.74) is 6.08. The average molecular weight is 240 g/mol. The number of nitrogens with one attached hydrogen (secondary N) is 1. The average Bonchev–Trinajstić information content (AvgIpc) is 2.32. The Morgan fingerprint density at radius 1 is 1.24 bits per heavy atom. The van der Waals surface area contributed by atoms with Gasteiger partial charge in [-0.15, -0.1) is 0 Å². The summed E-state index contributed by atoms with van der Waals surface area (Å²) in [6.45, 7) is 1.82. The monoisotopic (exact) mass is 240 g/mol. The van der Waals surface area contributed by atoms with Crippen molar-refractivity contribution in [3.8, 4) is 0 Å². The van der Waals surface area contributed by atoms with Crippen LogP contribution < -0.4 is 11.1 Å². The zero-order chi connectivity index (χ0) is 12.1. The largest absolute Gasteiger partial charge is 0.379 e. The van der Waals surface area contributed by atoms with Crippen molar-refractivity contribution in [3.05, 3.63) is 0 Å². The summed E-state index contributed by atoms with van der Waals surface area (Å²) in [4.78, 5) is 0. The van der Waals surface area contributed by atoms with Crippen LogP contribution in [0.15, 0.2) is 0 Å². The highest BCUT2D eigenvalue weighted by Gasteiger charge is 2.39. The molecule has 0 aromatic carbocycles. The molecule has 2 saturated carbocycles. The van der Waals surface area contributed by atoms with Crippen molar-refractivity contribution in [2.45, 2.75) is 63.0 Å². The fourth-order valence-corrected chi connectivity index (χ4v) is 3.37. The third kappa shape index (κ3) is 3.01. The Hall–Kier alpha value is -0.120. The van der Waals surface area contributed by atoms with Crippen LogP contribution in [0.4, 0.5) is 0 Å². The number of nitrogens with two attached hydrogens (primary N) is 1. The van der Waals surface area contributed by atoms with E-state index in [4.69, 9.17) is 10.5 Å². The Balaban J connectivity index is 1.82. The lowest BCUT2D eigenvalue weighted by Crippen LogP contribution is -2.61. The molecule has 0 amide bonds. The Morgan fingerprint density at radius 3 is 2.65 bits per heavy atom. The molecule has 17 heavy (non-hydrogen) atoms. The van der Waals surface area contributed by atoms with Gasteiger partial charge < -0.3 is 15.8 Å². The minimum Gasteiger partial charge on any atom is -0.379 e. The van der Waals surface area contributed by atoms with Gasteiger partial charge in [-0.2, -0.15) is 0 Å². The second kappa shape index (κ2) is 6.17. The van der Waals surface area contributed by atoms with Gasteiger partial charge in [-0.1, -0.05) is 32.1 Å². The molecule has 2 aliphatic carbocycles. The molecule has 0 aromatic heterocycles. The van der Waals surface area contributed by atoms with E-state index in [1.54, 1.807) is 0 Å². The maximum atomic E-state index is 6.03. The number of hydrogen-bond donors (Lipinski definition) is 2. The van der Waals surface area contributed by atoms with Crippen molar-refractivity contribution in [3.63, 3.8) is 0 Å². The van der Waals surface area contributed by atoms with Gasteiger partial charge in [0.1, 0.15) is 0 Å². The minimum absolute atomic E-state index is 0.0523. The Bertz CT molecular complexity index is 230. The second-order valence-electron chi connectivity index (χ2n) is 5.84. The molecule has 0 heterocycles. The molecule has 0 spiro atoms. The molecule has 3 N–H and O–H groups in total. The van der Waals surface area contributed by atoms with Crippen LogP contribution in [0.1, 0.15) is 51.4 Å². The lowest BCUT2D eigenvalue weighted by atomic mass is 9.78. The normalized spacial score (nSPS) is 34.6. The van der Waals surface area contributed by atoms with Crippen molar-refractivity contribution in [1.29, 1.82) is 0 Å². The van der Waals surface area contributed by atoms with E-state index in [1.807, 2.05) is 7.11 Å². The van der Waals surface area contributed by atoms with E-state index in [2.05, 4.69) is 5.32 Å². The Kier molecular flexibility index (Phi) is 4.83. The number of hydrogen-bond acceptors (Lipinski definition) is 3. The van der Waals surface area contributed by atoms with Gasteiger partial charge >= 0.3 is 0 Å². The zero-order valence-corrected chi connectivity index (χ0v) is 11.2. The molecular formula is C14H28N2O. The SMILES string of the molecule is COC1CCCCC1(CN)NCCC1CCC1. The van der Waals surface area contributed by atoms with Gasteiger partial charge in [0.25, 0.3) is 0 Å². The molecule has 100 valence electrons. The standard InChI is InChI=1S/C14H28N2O/c1-17-13-7-2-3-9-14(13,11-15)16-10-8-12-5-4-6-12/h12-13,16H,2-11,15H2,1H3. The molecule has 0 radical (unpaired) electrons. The zero-order valence-electron chi connectivity index (χ0n) is 11.2. The minimum atomic E-state index is 0.0523. The van der Waals surface area contributed by atoms with E-state index in [9.17, 15) is 0 Å². The third-order valence-corrected chi connectivity index (χ3v) is 4.86. The van der Waals surface area contributed by atoms with E-state index in [1.165, 1.54) is 44.9 Å². The Morgan fingerprint density at radius 2 is 2.06 bits per heavy atom. The van der Waals surface area contributed by atoms with Crippen LogP contribution in [0.2, 0.25) is 0 Å². The molecule has 0 aromatic rings. The highest BCUT2D eigenvalue weighted by atomic mass is 16.5. The molecule has 2 aliphatic rings. The number of ether oxygens (including phenoxy) is 1. The molecule has 2 rings (SSSR count). The summed E-state index contributed by atoms with van der Waals surface area (Å²) in [6, 6.07) is 0. The van der Waals surface area contributed by atoms with Gasteiger partial charge in [-0.05, 0) is 31.7 Å². The molecule has 0 bridgehead atoms. The van der Waals surface area contributed by atoms with Gasteiger partial charge in [0.15, 0.2) is 0 Å². The van der Waals surface area contributed by atoms with E-state index in [0.717, 1.165) is 18.9 Å². The van der Waals surface area contributed by atoms with Crippen molar-refractivity contribution in [1.82, 2.24) is 5.32 Å². The number of rotatable bonds is 6. The molecule has 2 atom stereocenters. The van der Waals surface area contributed by atoms with Crippen molar-refractivity contribution in [2.75, 3.05) is 20.2 Å². The summed E-state index contributed by atoms with van der Waals surface area (Å²) < 4.78 is 5.65. The topological polar surface area (TPSA) is 47.3 Å². The van der Waals surface area contributed by atoms with Crippen LogP contribution >= 0.6 is 0 Å². The molecule has 3 heteroatoms. The van der Waals surface area contributed by atoms with Crippen LogP contribution in [0.5, 0.6) is 0 Å². The van der Waals surface area contributed by atoms with E-state index >= 15 is 0 Å². The van der Waals surface area contributed by atoms with E-state index in [0.29, 0.717) is 12.6 Å². The molecule has 0 saturated heterocycles. The fourth-order valence-electron chi connectivity index (χ4n) is 3.37. The highest BCUT2D eigenvalue weighted by Crippen LogP contribution is 2.32. The lowest BCUT2D eigenvalue weighted by molar-refractivity contribution is -0.00924. The maximum Gasteiger partial charge on any atom is 0.0765 e. The van der Waals surface area contributed by atoms with Crippen LogP contribution in [0.3, 0.4) is 0 Å². The molecule has 2 fully saturated rings. The third-order valence-electron chi connectivity index (χ3n) is 4.86.